The van der Waals surface area contributed by atoms with E-state index in [2.05, 4.69) is 31.9 Å². The Hall–Kier alpha value is -1.02. The second-order valence-corrected chi connectivity index (χ2v) is 4.67. The summed E-state index contributed by atoms with van der Waals surface area (Å²) in [4.78, 5) is 2.34. The van der Waals surface area contributed by atoms with E-state index in [1.807, 2.05) is 18.2 Å². The van der Waals surface area contributed by atoms with Crippen LogP contribution in [0.2, 0.25) is 0 Å². The van der Waals surface area contributed by atoms with Gasteiger partial charge in [-0.3, -0.25) is 0 Å². The Bertz CT molecular complexity index is 294. The highest BCUT2D eigenvalue weighted by Crippen LogP contribution is 2.09. The number of rotatable bonds is 5. The van der Waals surface area contributed by atoms with Crippen molar-refractivity contribution < 1.29 is 0 Å². The molecule has 84 valence electrons. The summed E-state index contributed by atoms with van der Waals surface area (Å²) in [7, 11) is 2.16. The Morgan fingerprint density at radius 1 is 1.33 bits per heavy atom. The molecule has 0 radical (unpaired) electrons. The summed E-state index contributed by atoms with van der Waals surface area (Å²) in [6, 6.07) is 8.12. The highest BCUT2D eigenvalue weighted by molar-refractivity contribution is 5.40. The monoisotopic (exact) mass is 206 g/mol. The van der Waals surface area contributed by atoms with Gasteiger partial charge < -0.3 is 10.6 Å². The number of nitrogens with zero attached hydrogens (tertiary/aromatic N) is 1. The van der Waals surface area contributed by atoms with E-state index in [-0.39, 0.29) is 0 Å². The van der Waals surface area contributed by atoms with Gasteiger partial charge in [0, 0.05) is 12.2 Å². The smallest absolute Gasteiger partial charge is 0.0317 e. The maximum absolute atomic E-state index is 5.74. The van der Waals surface area contributed by atoms with Gasteiger partial charge in [0.05, 0.1) is 0 Å². The predicted octanol–water partition coefficient (Wildman–Crippen LogP) is 2.75. The van der Waals surface area contributed by atoms with Gasteiger partial charge in [-0.05, 0) is 43.6 Å². The van der Waals surface area contributed by atoms with Gasteiger partial charge in [0.25, 0.3) is 0 Å². The molecular weight excluding hydrogens is 184 g/mol. The average Bonchev–Trinajstić information content (AvgIpc) is 2.15. The summed E-state index contributed by atoms with van der Waals surface area (Å²) in [5.74, 6) is 0.772. The second-order valence-electron chi connectivity index (χ2n) is 4.67. The molecule has 0 saturated carbocycles. The van der Waals surface area contributed by atoms with Gasteiger partial charge in [-0.15, -0.1) is 0 Å². The minimum absolute atomic E-state index is 0.772. The minimum Gasteiger partial charge on any atom is -0.399 e. The maximum atomic E-state index is 5.74. The molecule has 2 N–H and O–H groups in total. The highest BCUT2D eigenvalue weighted by Gasteiger charge is 2.02. The van der Waals surface area contributed by atoms with Crippen LogP contribution in [0.4, 0.5) is 5.69 Å². The molecule has 2 nitrogen and oxygen atoms in total. The predicted molar refractivity (Wildman–Crippen MR) is 66.6 cm³/mol. The third-order valence-corrected chi connectivity index (χ3v) is 2.49. The maximum Gasteiger partial charge on any atom is 0.0317 e. The van der Waals surface area contributed by atoms with E-state index in [0.29, 0.717) is 0 Å². The van der Waals surface area contributed by atoms with Gasteiger partial charge >= 0.3 is 0 Å². The lowest BCUT2D eigenvalue weighted by atomic mass is 10.1. The standard InChI is InChI=1S/C13H22N2/c1-11(2)7-8-15(3)10-12-5-4-6-13(14)9-12/h4-6,9,11H,7-8,10,14H2,1-3H3. The first kappa shape index (κ1) is 12.1. The van der Waals surface area contributed by atoms with E-state index >= 15 is 0 Å². The summed E-state index contributed by atoms with van der Waals surface area (Å²) >= 11 is 0. The van der Waals surface area contributed by atoms with Crippen LogP contribution in [0.15, 0.2) is 24.3 Å². The first-order valence-electron chi connectivity index (χ1n) is 5.61. The normalized spacial score (nSPS) is 11.3. The van der Waals surface area contributed by atoms with Crippen molar-refractivity contribution in [2.45, 2.75) is 26.8 Å². The molecule has 0 aromatic heterocycles. The van der Waals surface area contributed by atoms with E-state index in [4.69, 9.17) is 5.73 Å². The summed E-state index contributed by atoms with van der Waals surface area (Å²) < 4.78 is 0. The first-order chi connectivity index (χ1) is 7.08. The number of hydrogen-bond donors (Lipinski definition) is 1. The summed E-state index contributed by atoms with van der Waals surface area (Å²) in [6.07, 6.45) is 1.25. The molecule has 15 heavy (non-hydrogen) atoms. The molecule has 0 fully saturated rings. The van der Waals surface area contributed by atoms with Crippen LogP contribution in [0.1, 0.15) is 25.8 Å². The zero-order valence-corrected chi connectivity index (χ0v) is 10.0. The number of benzene rings is 1. The topological polar surface area (TPSA) is 29.3 Å². The van der Waals surface area contributed by atoms with Crippen molar-refractivity contribution in [1.29, 1.82) is 0 Å². The van der Waals surface area contributed by atoms with E-state index in [0.717, 1.165) is 24.7 Å². The Balaban J connectivity index is 2.40. The van der Waals surface area contributed by atoms with Crippen molar-refractivity contribution >= 4 is 5.69 Å². The lowest BCUT2D eigenvalue weighted by Crippen LogP contribution is -2.20. The van der Waals surface area contributed by atoms with Crippen LogP contribution in [0.5, 0.6) is 0 Å². The number of nitrogens with two attached hydrogens (primary N) is 1. The fraction of sp³-hybridized carbons (Fsp3) is 0.538. The molecule has 1 aromatic carbocycles. The second kappa shape index (κ2) is 5.76. The van der Waals surface area contributed by atoms with Gasteiger partial charge in [-0.2, -0.15) is 0 Å². The molecule has 0 saturated heterocycles. The van der Waals surface area contributed by atoms with E-state index < -0.39 is 0 Å². The SMILES string of the molecule is CC(C)CCN(C)Cc1cccc(N)c1. The summed E-state index contributed by atoms with van der Waals surface area (Å²) in [5, 5.41) is 0. The Morgan fingerprint density at radius 2 is 2.07 bits per heavy atom. The van der Waals surface area contributed by atoms with Crippen LogP contribution in [-0.4, -0.2) is 18.5 Å². The molecular formula is C13H22N2. The molecule has 0 heterocycles. The van der Waals surface area contributed by atoms with E-state index in [1.54, 1.807) is 0 Å². The Kier molecular flexibility index (Phi) is 4.63. The largest absolute Gasteiger partial charge is 0.399 e. The Labute approximate surface area is 93.1 Å². The van der Waals surface area contributed by atoms with Crippen molar-refractivity contribution in [2.24, 2.45) is 5.92 Å². The number of nitrogen functional groups attached to an aromatic ring is 1. The lowest BCUT2D eigenvalue weighted by Gasteiger charge is -2.18. The number of anilines is 1. The molecule has 0 unspecified atom stereocenters. The van der Waals surface area contributed by atoms with Gasteiger partial charge in [-0.1, -0.05) is 26.0 Å². The molecule has 0 amide bonds. The molecule has 0 spiro atoms. The number of hydrogen-bond acceptors (Lipinski definition) is 2. The van der Waals surface area contributed by atoms with Gasteiger partial charge in [-0.25, -0.2) is 0 Å². The van der Waals surface area contributed by atoms with Gasteiger partial charge in [0.15, 0.2) is 0 Å². The molecule has 1 rings (SSSR count). The summed E-state index contributed by atoms with van der Waals surface area (Å²) in [5.41, 5.74) is 7.88. The van der Waals surface area contributed by atoms with Crippen LogP contribution in [0.3, 0.4) is 0 Å². The van der Waals surface area contributed by atoms with Crippen molar-refractivity contribution in [2.75, 3.05) is 19.3 Å². The van der Waals surface area contributed by atoms with Crippen molar-refractivity contribution in [3.05, 3.63) is 29.8 Å². The molecule has 0 aliphatic rings. The molecule has 0 bridgehead atoms. The third-order valence-electron chi connectivity index (χ3n) is 2.49. The minimum atomic E-state index is 0.772. The van der Waals surface area contributed by atoms with Crippen LogP contribution >= 0.6 is 0 Å². The zero-order chi connectivity index (χ0) is 11.3. The quantitative estimate of drug-likeness (QED) is 0.751. The zero-order valence-electron chi connectivity index (χ0n) is 10.0. The van der Waals surface area contributed by atoms with Gasteiger partial charge in [0.1, 0.15) is 0 Å². The average molecular weight is 206 g/mol. The lowest BCUT2D eigenvalue weighted by molar-refractivity contribution is 0.303. The van der Waals surface area contributed by atoms with Crippen molar-refractivity contribution in [1.82, 2.24) is 4.90 Å². The fourth-order valence-electron chi connectivity index (χ4n) is 1.56. The molecule has 1 aromatic rings. The van der Waals surface area contributed by atoms with E-state index in [1.165, 1.54) is 12.0 Å². The van der Waals surface area contributed by atoms with E-state index in [9.17, 15) is 0 Å². The highest BCUT2D eigenvalue weighted by atomic mass is 15.1. The van der Waals surface area contributed by atoms with Crippen molar-refractivity contribution in [3.8, 4) is 0 Å². The fourth-order valence-corrected chi connectivity index (χ4v) is 1.56. The first-order valence-corrected chi connectivity index (χ1v) is 5.61. The molecule has 0 atom stereocenters. The van der Waals surface area contributed by atoms with Crippen LogP contribution in [0.25, 0.3) is 0 Å². The van der Waals surface area contributed by atoms with Crippen LogP contribution < -0.4 is 5.73 Å². The molecule has 2 heteroatoms. The van der Waals surface area contributed by atoms with Gasteiger partial charge in [0.2, 0.25) is 0 Å². The Morgan fingerprint density at radius 3 is 2.67 bits per heavy atom. The van der Waals surface area contributed by atoms with Crippen molar-refractivity contribution in [3.63, 3.8) is 0 Å². The molecule has 0 aliphatic carbocycles. The molecule has 0 aliphatic heterocycles. The van der Waals surface area contributed by atoms with Crippen LogP contribution in [0, 0.1) is 5.92 Å². The van der Waals surface area contributed by atoms with Crippen LogP contribution in [-0.2, 0) is 6.54 Å². The third kappa shape index (κ3) is 4.84. The summed E-state index contributed by atoms with van der Waals surface area (Å²) in [6.45, 7) is 6.65.